The van der Waals surface area contributed by atoms with E-state index in [-0.39, 0.29) is 11.8 Å². The normalized spacial score (nSPS) is 10.4. The average molecular weight is 331 g/mol. The van der Waals surface area contributed by atoms with Crippen molar-refractivity contribution in [1.82, 2.24) is 14.8 Å². The van der Waals surface area contributed by atoms with E-state index in [0.717, 1.165) is 10.6 Å². The van der Waals surface area contributed by atoms with Crippen LogP contribution in [0.2, 0.25) is 0 Å². The van der Waals surface area contributed by atoms with E-state index >= 15 is 0 Å². The molecule has 0 unspecified atom stereocenters. The summed E-state index contributed by atoms with van der Waals surface area (Å²) in [7, 11) is 3.45. The lowest BCUT2D eigenvalue weighted by atomic mass is 10.1. The standard InChI is InChI=1S/C17H21N3O2S/c1-5-20(17(22)15-11-23-12(2)18-15)10-13-6-8-14(9-7-13)16(21)19(3)4/h6-9,11H,5,10H2,1-4H3. The summed E-state index contributed by atoms with van der Waals surface area (Å²) in [6.45, 7) is 4.94. The Morgan fingerprint density at radius 3 is 2.26 bits per heavy atom. The highest BCUT2D eigenvalue weighted by Gasteiger charge is 2.17. The number of thiazole rings is 1. The summed E-state index contributed by atoms with van der Waals surface area (Å²) in [5.74, 6) is -0.0942. The van der Waals surface area contributed by atoms with E-state index in [4.69, 9.17) is 0 Å². The van der Waals surface area contributed by atoms with E-state index in [0.29, 0.717) is 24.3 Å². The molecule has 0 radical (unpaired) electrons. The molecule has 2 rings (SSSR count). The highest BCUT2D eigenvalue weighted by molar-refractivity contribution is 7.09. The molecule has 0 aliphatic rings. The molecule has 0 saturated carbocycles. The number of rotatable bonds is 5. The van der Waals surface area contributed by atoms with Gasteiger partial charge in [-0.3, -0.25) is 9.59 Å². The Morgan fingerprint density at radius 2 is 1.78 bits per heavy atom. The first kappa shape index (κ1) is 17.1. The lowest BCUT2D eigenvalue weighted by Gasteiger charge is -2.20. The van der Waals surface area contributed by atoms with Crippen LogP contribution in [0.15, 0.2) is 29.6 Å². The molecular weight excluding hydrogens is 310 g/mol. The molecule has 0 spiro atoms. The van der Waals surface area contributed by atoms with Crippen molar-refractivity contribution in [2.24, 2.45) is 0 Å². The number of benzene rings is 1. The molecule has 23 heavy (non-hydrogen) atoms. The van der Waals surface area contributed by atoms with Crippen LogP contribution < -0.4 is 0 Å². The first-order valence-electron chi connectivity index (χ1n) is 7.44. The van der Waals surface area contributed by atoms with Crippen molar-refractivity contribution in [2.75, 3.05) is 20.6 Å². The second-order valence-electron chi connectivity index (χ2n) is 5.47. The van der Waals surface area contributed by atoms with E-state index in [9.17, 15) is 9.59 Å². The molecular formula is C17H21N3O2S. The molecule has 1 heterocycles. The second kappa shape index (κ2) is 7.37. The van der Waals surface area contributed by atoms with Gasteiger partial charge in [-0.15, -0.1) is 11.3 Å². The van der Waals surface area contributed by atoms with Gasteiger partial charge in [0.25, 0.3) is 11.8 Å². The molecule has 2 amide bonds. The van der Waals surface area contributed by atoms with Crippen molar-refractivity contribution in [3.05, 3.63) is 51.5 Å². The maximum absolute atomic E-state index is 12.5. The Balaban J connectivity index is 2.10. The average Bonchev–Trinajstić information content (AvgIpc) is 2.98. The van der Waals surface area contributed by atoms with Crippen LogP contribution in [0.25, 0.3) is 0 Å². The van der Waals surface area contributed by atoms with E-state index in [1.54, 1.807) is 41.4 Å². The van der Waals surface area contributed by atoms with E-state index in [1.165, 1.54) is 11.3 Å². The maximum atomic E-state index is 12.5. The Kier molecular flexibility index (Phi) is 5.50. The van der Waals surface area contributed by atoms with Crippen LogP contribution in [0.1, 0.15) is 38.3 Å². The summed E-state index contributed by atoms with van der Waals surface area (Å²) in [6.07, 6.45) is 0. The molecule has 0 atom stereocenters. The van der Waals surface area contributed by atoms with Gasteiger partial charge >= 0.3 is 0 Å². The molecule has 1 aromatic heterocycles. The van der Waals surface area contributed by atoms with Gasteiger partial charge in [-0.2, -0.15) is 0 Å². The van der Waals surface area contributed by atoms with Crippen molar-refractivity contribution in [2.45, 2.75) is 20.4 Å². The molecule has 0 saturated heterocycles. The number of aromatic nitrogens is 1. The van der Waals surface area contributed by atoms with Gasteiger partial charge in [0.1, 0.15) is 5.69 Å². The number of hydrogen-bond donors (Lipinski definition) is 0. The minimum atomic E-state index is -0.0645. The summed E-state index contributed by atoms with van der Waals surface area (Å²) >= 11 is 1.47. The third-order valence-corrected chi connectivity index (χ3v) is 4.26. The lowest BCUT2D eigenvalue weighted by molar-refractivity contribution is 0.0746. The Hall–Kier alpha value is -2.21. The molecule has 5 nitrogen and oxygen atoms in total. The van der Waals surface area contributed by atoms with Crippen molar-refractivity contribution in [1.29, 1.82) is 0 Å². The monoisotopic (exact) mass is 331 g/mol. The molecule has 0 N–H and O–H groups in total. The molecule has 0 aliphatic heterocycles. The molecule has 0 aliphatic carbocycles. The van der Waals surface area contributed by atoms with Crippen LogP contribution in [-0.4, -0.2) is 47.2 Å². The Morgan fingerprint density at radius 1 is 1.13 bits per heavy atom. The number of nitrogens with zero attached hydrogens (tertiary/aromatic N) is 3. The van der Waals surface area contributed by atoms with Gasteiger partial charge in [0.15, 0.2) is 0 Å². The number of carbonyl (C=O) groups is 2. The van der Waals surface area contributed by atoms with Crippen molar-refractivity contribution >= 4 is 23.2 Å². The summed E-state index contributed by atoms with van der Waals surface area (Å²) < 4.78 is 0. The maximum Gasteiger partial charge on any atom is 0.273 e. The van der Waals surface area contributed by atoms with E-state index in [2.05, 4.69) is 4.98 Å². The van der Waals surface area contributed by atoms with Gasteiger partial charge in [-0.25, -0.2) is 4.98 Å². The first-order valence-corrected chi connectivity index (χ1v) is 8.32. The number of amides is 2. The largest absolute Gasteiger partial charge is 0.345 e. The molecule has 0 bridgehead atoms. The quantitative estimate of drug-likeness (QED) is 0.846. The number of aryl methyl sites for hydroxylation is 1. The third-order valence-electron chi connectivity index (χ3n) is 3.49. The molecule has 2 aromatic rings. The Labute approximate surface area is 140 Å². The summed E-state index contributed by atoms with van der Waals surface area (Å²) in [6, 6.07) is 7.36. The summed E-state index contributed by atoms with van der Waals surface area (Å²) in [5, 5.41) is 2.68. The minimum absolute atomic E-state index is 0.0297. The molecule has 6 heteroatoms. The van der Waals surface area contributed by atoms with Gasteiger partial charge in [-0.05, 0) is 31.5 Å². The fraction of sp³-hybridized carbons (Fsp3) is 0.353. The molecule has 1 aromatic carbocycles. The smallest absolute Gasteiger partial charge is 0.273 e. The van der Waals surface area contributed by atoms with Crippen LogP contribution in [0.3, 0.4) is 0 Å². The summed E-state index contributed by atoms with van der Waals surface area (Å²) in [5.41, 5.74) is 2.12. The van der Waals surface area contributed by atoms with Crippen molar-refractivity contribution < 1.29 is 9.59 Å². The van der Waals surface area contributed by atoms with Crippen LogP contribution >= 0.6 is 11.3 Å². The summed E-state index contributed by atoms with van der Waals surface area (Å²) in [4.78, 5) is 31.9. The third kappa shape index (κ3) is 4.16. The SMILES string of the molecule is CCN(Cc1ccc(C(=O)N(C)C)cc1)C(=O)c1csc(C)n1. The fourth-order valence-electron chi connectivity index (χ4n) is 2.18. The second-order valence-corrected chi connectivity index (χ2v) is 6.53. The van der Waals surface area contributed by atoms with E-state index < -0.39 is 0 Å². The fourth-order valence-corrected chi connectivity index (χ4v) is 2.77. The van der Waals surface area contributed by atoms with Gasteiger partial charge in [0, 0.05) is 38.1 Å². The topological polar surface area (TPSA) is 53.5 Å². The van der Waals surface area contributed by atoms with Crippen LogP contribution in [-0.2, 0) is 6.54 Å². The van der Waals surface area contributed by atoms with Crippen LogP contribution in [0, 0.1) is 6.92 Å². The lowest BCUT2D eigenvalue weighted by Crippen LogP contribution is -2.30. The predicted molar refractivity (Wildman–Crippen MR) is 91.7 cm³/mol. The predicted octanol–water partition coefficient (Wildman–Crippen LogP) is 2.82. The number of carbonyl (C=O) groups excluding carboxylic acids is 2. The molecule has 0 fully saturated rings. The van der Waals surface area contributed by atoms with Crippen LogP contribution in [0.5, 0.6) is 0 Å². The highest BCUT2D eigenvalue weighted by atomic mass is 32.1. The van der Waals surface area contributed by atoms with Crippen LogP contribution in [0.4, 0.5) is 0 Å². The van der Waals surface area contributed by atoms with Gasteiger partial charge in [0.05, 0.1) is 5.01 Å². The van der Waals surface area contributed by atoms with Gasteiger partial charge in [0.2, 0.25) is 0 Å². The minimum Gasteiger partial charge on any atom is -0.345 e. The molecule has 122 valence electrons. The number of hydrogen-bond acceptors (Lipinski definition) is 4. The first-order chi connectivity index (χ1) is 10.9. The zero-order valence-electron chi connectivity index (χ0n) is 13.9. The van der Waals surface area contributed by atoms with Gasteiger partial charge in [-0.1, -0.05) is 12.1 Å². The zero-order chi connectivity index (χ0) is 17.0. The highest BCUT2D eigenvalue weighted by Crippen LogP contribution is 2.14. The van der Waals surface area contributed by atoms with Gasteiger partial charge < -0.3 is 9.80 Å². The zero-order valence-corrected chi connectivity index (χ0v) is 14.7. The van der Waals surface area contributed by atoms with Crippen molar-refractivity contribution in [3.63, 3.8) is 0 Å². The van der Waals surface area contributed by atoms with E-state index in [1.807, 2.05) is 26.0 Å². The Bertz CT molecular complexity index is 692. The van der Waals surface area contributed by atoms with Crippen molar-refractivity contribution in [3.8, 4) is 0 Å².